The lowest BCUT2D eigenvalue weighted by molar-refractivity contribution is -0.193. The minimum Gasteiger partial charge on any atom is -0.778 e. The molecule has 24 heteroatoms. The van der Waals surface area contributed by atoms with Crippen LogP contribution in [0.5, 0.6) is 0 Å². The number of carbonyl (C=O) groups excluding carboxylic acids is 1. The Bertz CT molecular complexity index is 1920. The van der Waals surface area contributed by atoms with E-state index in [4.69, 9.17) is 26.3 Å². The van der Waals surface area contributed by atoms with Crippen LogP contribution < -0.4 is 32.1 Å². The van der Waals surface area contributed by atoms with Gasteiger partial charge in [-0.3, -0.25) is 19.5 Å². The molecule has 56 heavy (non-hydrogen) atoms. The maximum atomic E-state index is 12.9. The van der Waals surface area contributed by atoms with Gasteiger partial charge in [0.05, 0.1) is 54.0 Å². The summed E-state index contributed by atoms with van der Waals surface area (Å²) in [5.74, 6) is -0.728. The molecule has 1 aromatic carbocycles. The van der Waals surface area contributed by atoms with E-state index in [0.29, 0.717) is 38.0 Å². The van der Waals surface area contributed by atoms with Gasteiger partial charge in [-0.2, -0.15) is 28.1 Å². The number of rotatable bonds is 11. The van der Waals surface area contributed by atoms with Crippen LogP contribution >= 0.6 is 31.0 Å². The Balaban J connectivity index is 0.000000854. The van der Waals surface area contributed by atoms with E-state index in [9.17, 15) is 41.8 Å². The number of hydrogen-bond donors (Lipinski definition) is 5. The molecule has 5 N–H and O–H groups in total. The number of ether oxygens (including phenoxy) is 1. The number of hydrogen-bond acceptors (Lipinski definition) is 14. The molecule has 0 fully saturated rings. The van der Waals surface area contributed by atoms with Crippen LogP contribution in [-0.2, 0) is 38.2 Å². The second-order valence-corrected chi connectivity index (χ2v) is 18.1. The molecule has 0 bridgehead atoms. The van der Waals surface area contributed by atoms with E-state index in [1.807, 2.05) is 18.5 Å². The quantitative estimate of drug-likeness (QED) is 0.0799. The number of alkyl halides is 3. The van der Waals surface area contributed by atoms with E-state index in [2.05, 4.69) is 65.1 Å². The molecule has 0 amide bonds. The first-order valence-electron chi connectivity index (χ1n) is 16.2. The number of carboxylic acids is 1. The zero-order chi connectivity index (χ0) is 43.8. The summed E-state index contributed by atoms with van der Waals surface area (Å²) >= 11 is 7.44. The maximum absolute atomic E-state index is 12.9. The lowest BCUT2D eigenvalue weighted by atomic mass is 10.1. The molecule has 17 nitrogen and oxygen atoms in total. The molecular weight excluding hydrogens is 828 g/mol. The summed E-state index contributed by atoms with van der Waals surface area (Å²) in [6.45, 7) is 11.8. The van der Waals surface area contributed by atoms with Crippen LogP contribution in [-0.4, -0.2) is 102 Å². The Labute approximate surface area is 334 Å². The van der Waals surface area contributed by atoms with Crippen LogP contribution in [0.1, 0.15) is 57.6 Å². The van der Waals surface area contributed by atoms with Crippen molar-refractivity contribution in [2.75, 3.05) is 55.0 Å². The summed E-state index contributed by atoms with van der Waals surface area (Å²) in [6, 6.07) is 3.91. The highest BCUT2D eigenvalue weighted by Crippen LogP contribution is 2.27. The van der Waals surface area contributed by atoms with Crippen molar-refractivity contribution in [1.82, 2.24) is 29.4 Å². The standard InChI is InChI=1S/C16H14ClF3N2O4.C10H19N5S.C3H8NO5P.C3H9S/c1-8(2)26-14(24)10-6-9(4-5-11(10)17)22-13(23)7-12(16(18,19)20)21(3)15(22)25;1-6-11-7-12-8(15-10(2,3)4)14-9(13-7)16-5;5-3(6)1-4-2-10(7,8)9;1-4(2)3/h4-8H,1-3H3;6H2,1-5H3,(H2,11,12,13,14,15);4H,1-2H2,(H,5,6)(H2,7,8,9);1-3H3/q;;;+1/p-1. The topological polar surface area (TPSA) is 243 Å². The van der Waals surface area contributed by atoms with Gasteiger partial charge in [0.15, 0.2) is 5.16 Å². The molecular formula is C32H49ClF3N8O9PS2. The smallest absolute Gasteiger partial charge is 0.431 e. The van der Waals surface area contributed by atoms with Crippen LogP contribution in [0.2, 0.25) is 5.02 Å². The molecule has 1 atom stereocenters. The van der Waals surface area contributed by atoms with Crippen LogP contribution in [0.25, 0.3) is 5.69 Å². The van der Waals surface area contributed by atoms with Crippen LogP contribution in [0.3, 0.4) is 0 Å². The summed E-state index contributed by atoms with van der Waals surface area (Å²) in [5.41, 5.74) is -4.06. The fourth-order valence-electron chi connectivity index (χ4n) is 3.60. The Hall–Kier alpha value is -3.66. The van der Waals surface area contributed by atoms with Gasteiger partial charge in [0.1, 0.15) is 13.3 Å². The summed E-state index contributed by atoms with van der Waals surface area (Å²) in [6.07, 6.45) is 2.52. The third-order valence-corrected chi connectivity index (χ3v) is 7.09. The van der Waals surface area contributed by atoms with Crippen molar-refractivity contribution in [3.8, 4) is 5.69 Å². The number of thioether (sulfide) groups is 1. The number of anilines is 2. The van der Waals surface area contributed by atoms with Gasteiger partial charge in [-0.25, -0.2) is 14.2 Å². The molecule has 2 aromatic heterocycles. The normalized spacial score (nSPS) is 12.2. The van der Waals surface area contributed by atoms with Gasteiger partial charge in [-0.15, -0.1) is 0 Å². The molecule has 3 rings (SSSR count). The molecule has 0 saturated carbocycles. The van der Waals surface area contributed by atoms with Crippen molar-refractivity contribution < 1.29 is 47.0 Å². The first-order valence-corrected chi connectivity index (χ1v) is 22.0. The van der Waals surface area contributed by atoms with Crippen molar-refractivity contribution in [2.45, 2.75) is 64.5 Å². The van der Waals surface area contributed by atoms with Gasteiger partial charge >= 0.3 is 23.8 Å². The number of carbonyl (C=O) groups is 2. The van der Waals surface area contributed by atoms with Crippen LogP contribution in [0, 0.1) is 0 Å². The Morgan fingerprint density at radius 2 is 1.64 bits per heavy atom. The minimum absolute atomic E-state index is 0.0104. The fraction of sp³-hybridized carbons (Fsp3) is 0.531. The van der Waals surface area contributed by atoms with Crippen LogP contribution in [0.15, 0.2) is 39.0 Å². The van der Waals surface area contributed by atoms with E-state index in [-0.39, 0.29) is 21.8 Å². The second kappa shape index (κ2) is 23.5. The van der Waals surface area contributed by atoms with E-state index < -0.39 is 61.6 Å². The number of carboxylic acid groups (broad SMARTS) is 1. The van der Waals surface area contributed by atoms with E-state index >= 15 is 0 Å². The second-order valence-electron chi connectivity index (χ2n) is 12.9. The van der Waals surface area contributed by atoms with Crippen molar-refractivity contribution in [3.05, 3.63) is 61.4 Å². The number of esters is 1. The van der Waals surface area contributed by atoms with Gasteiger partial charge < -0.3 is 34.8 Å². The van der Waals surface area contributed by atoms with Crippen molar-refractivity contribution in [2.24, 2.45) is 7.05 Å². The van der Waals surface area contributed by atoms with E-state index in [1.165, 1.54) is 23.9 Å². The lowest BCUT2D eigenvalue weighted by Gasteiger charge is -2.20. The largest absolute Gasteiger partial charge is 0.778 e. The molecule has 316 valence electrons. The molecule has 0 aliphatic carbocycles. The summed E-state index contributed by atoms with van der Waals surface area (Å²) in [5, 5.41) is 17.0. The number of aliphatic carboxylic acids is 1. The minimum atomic E-state index is -4.86. The van der Waals surface area contributed by atoms with Crippen LogP contribution in [0.4, 0.5) is 25.1 Å². The molecule has 0 spiro atoms. The third-order valence-electron chi connectivity index (χ3n) is 5.59. The summed E-state index contributed by atoms with van der Waals surface area (Å²) in [4.78, 5) is 77.1. The molecule has 0 aliphatic heterocycles. The maximum Gasteiger partial charge on any atom is 0.431 e. The molecule has 1 unspecified atom stereocenters. The third kappa shape index (κ3) is 21.0. The highest BCUT2D eigenvalue weighted by Gasteiger charge is 2.35. The van der Waals surface area contributed by atoms with Crippen molar-refractivity contribution in [3.63, 3.8) is 0 Å². The van der Waals surface area contributed by atoms with E-state index in [0.717, 1.165) is 24.8 Å². The highest BCUT2D eigenvalue weighted by molar-refractivity contribution is 7.98. The fourth-order valence-corrected chi connectivity index (χ4v) is 4.55. The predicted molar refractivity (Wildman–Crippen MR) is 212 cm³/mol. The Kier molecular flexibility index (Phi) is 22.0. The zero-order valence-electron chi connectivity index (χ0n) is 32.8. The lowest BCUT2D eigenvalue weighted by Crippen LogP contribution is -2.40. The van der Waals surface area contributed by atoms with Gasteiger partial charge in [-0.05, 0) is 76.9 Å². The molecule has 2 heterocycles. The van der Waals surface area contributed by atoms with Gasteiger partial charge in [-0.1, -0.05) is 23.4 Å². The number of nitrogens with one attached hydrogen (secondary N) is 3. The molecule has 0 saturated heterocycles. The predicted octanol–water partition coefficient (Wildman–Crippen LogP) is 3.67. The monoisotopic (exact) mass is 876 g/mol. The number of aromatic nitrogens is 5. The Morgan fingerprint density at radius 1 is 1.09 bits per heavy atom. The molecule has 3 aromatic rings. The van der Waals surface area contributed by atoms with Gasteiger partial charge in [0.2, 0.25) is 11.9 Å². The number of benzene rings is 1. The van der Waals surface area contributed by atoms with E-state index in [1.54, 1.807) is 13.8 Å². The first-order chi connectivity index (χ1) is 25.5. The average Bonchev–Trinajstić information content (AvgIpc) is 3.01. The summed E-state index contributed by atoms with van der Waals surface area (Å²) in [7, 11) is -2.81. The van der Waals surface area contributed by atoms with Gasteiger partial charge in [0, 0.05) is 25.2 Å². The zero-order valence-corrected chi connectivity index (χ0v) is 36.1. The molecule has 0 aliphatic rings. The highest BCUT2D eigenvalue weighted by atomic mass is 35.5. The number of halogens is 4. The SMILES string of the molecule is CC(C)OC(=O)c1cc(-n2c(=O)cc(C(F)(F)F)n(C)c2=O)ccc1Cl.CCNc1nc(NC(C)(C)C)nc(SC)n1.C[S+](C)C.O=C(O)CNCP(=O)([O-])O. The Morgan fingerprint density at radius 3 is 2.09 bits per heavy atom. The van der Waals surface area contributed by atoms with Crippen molar-refractivity contribution in [1.29, 1.82) is 0 Å². The number of nitrogens with zero attached hydrogens (tertiary/aromatic N) is 5. The average molecular weight is 877 g/mol. The first kappa shape index (κ1) is 52.3. The van der Waals surface area contributed by atoms with Crippen molar-refractivity contribution >= 4 is 65.7 Å². The molecule has 0 radical (unpaired) electrons. The van der Waals surface area contributed by atoms with Gasteiger partial charge in [0.25, 0.3) is 5.56 Å². The summed E-state index contributed by atoms with van der Waals surface area (Å²) < 4.78 is 54.5.